The van der Waals surface area contributed by atoms with Gasteiger partial charge in [-0.3, -0.25) is 9.69 Å². The zero-order chi connectivity index (χ0) is 22.3. The van der Waals surface area contributed by atoms with Gasteiger partial charge in [0.05, 0.1) is 24.4 Å². The Morgan fingerprint density at radius 3 is 2.30 bits per heavy atom. The van der Waals surface area contributed by atoms with Gasteiger partial charge in [0, 0.05) is 5.69 Å². The van der Waals surface area contributed by atoms with Crippen LogP contribution >= 0.6 is 0 Å². The number of carbonyl (C=O) groups is 2. The van der Waals surface area contributed by atoms with Crippen LogP contribution < -0.4 is 10.6 Å². The number of aliphatic hydroxyl groups is 1. The SMILES string of the molecule is C#CCN1C(=O)N(c2ccc(N)c(C(F)(F)F)c2)C(=O)C1(CO)c1ccc(F)cc1. The first-order chi connectivity index (χ1) is 14.1. The number of nitrogens with two attached hydrogens (primary N) is 1. The molecule has 10 heteroatoms. The summed E-state index contributed by atoms with van der Waals surface area (Å²) in [6, 6.07) is 5.94. The van der Waals surface area contributed by atoms with E-state index in [1.165, 1.54) is 12.1 Å². The normalized spacial score (nSPS) is 19.3. The Hall–Kier alpha value is -3.58. The van der Waals surface area contributed by atoms with Crippen LogP contribution in [-0.4, -0.2) is 35.1 Å². The zero-order valence-electron chi connectivity index (χ0n) is 15.3. The Morgan fingerprint density at radius 2 is 1.77 bits per heavy atom. The molecule has 0 aromatic heterocycles. The van der Waals surface area contributed by atoms with Crippen molar-refractivity contribution in [3.05, 3.63) is 59.4 Å². The molecule has 0 bridgehead atoms. The minimum Gasteiger partial charge on any atom is -0.398 e. The van der Waals surface area contributed by atoms with E-state index >= 15 is 0 Å². The molecule has 6 nitrogen and oxygen atoms in total. The molecular weight excluding hydrogens is 406 g/mol. The Morgan fingerprint density at radius 1 is 1.13 bits per heavy atom. The van der Waals surface area contributed by atoms with Gasteiger partial charge in [-0.1, -0.05) is 18.1 Å². The van der Waals surface area contributed by atoms with Crippen molar-refractivity contribution in [3.8, 4) is 12.3 Å². The second kappa shape index (κ2) is 7.35. The lowest BCUT2D eigenvalue weighted by Crippen LogP contribution is -2.50. The van der Waals surface area contributed by atoms with Gasteiger partial charge in [0.1, 0.15) is 5.82 Å². The van der Waals surface area contributed by atoms with Gasteiger partial charge in [0.25, 0.3) is 5.91 Å². The largest absolute Gasteiger partial charge is 0.418 e. The van der Waals surface area contributed by atoms with Crippen molar-refractivity contribution >= 4 is 23.3 Å². The van der Waals surface area contributed by atoms with Crippen LogP contribution in [0, 0.1) is 18.2 Å². The molecule has 30 heavy (non-hydrogen) atoms. The Bertz CT molecular complexity index is 1050. The average molecular weight is 421 g/mol. The highest BCUT2D eigenvalue weighted by Crippen LogP contribution is 2.42. The Labute approximate surface area is 168 Å². The molecule has 1 aliphatic rings. The number of halogens is 4. The maximum Gasteiger partial charge on any atom is 0.418 e. The zero-order valence-corrected chi connectivity index (χ0v) is 15.3. The number of aliphatic hydroxyl groups excluding tert-OH is 1. The summed E-state index contributed by atoms with van der Waals surface area (Å²) < 4.78 is 53.1. The van der Waals surface area contributed by atoms with Crippen LogP contribution in [0.3, 0.4) is 0 Å². The molecule has 3 rings (SSSR count). The molecule has 2 aromatic carbocycles. The van der Waals surface area contributed by atoms with Gasteiger partial charge in [0.15, 0.2) is 5.54 Å². The van der Waals surface area contributed by atoms with Crippen molar-refractivity contribution in [1.82, 2.24) is 4.90 Å². The van der Waals surface area contributed by atoms with E-state index in [0.717, 1.165) is 29.2 Å². The lowest BCUT2D eigenvalue weighted by molar-refractivity contribution is -0.137. The molecule has 3 amide bonds. The van der Waals surface area contributed by atoms with E-state index in [1.54, 1.807) is 0 Å². The molecule has 0 spiro atoms. The van der Waals surface area contributed by atoms with Crippen LogP contribution in [0.25, 0.3) is 0 Å². The van der Waals surface area contributed by atoms with Crippen LogP contribution in [-0.2, 0) is 16.5 Å². The summed E-state index contributed by atoms with van der Waals surface area (Å²) in [4.78, 5) is 27.7. The van der Waals surface area contributed by atoms with Crippen molar-refractivity contribution in [3.63, 3.8) is 0 Å². The van der Waals surface area contributed by atoms with E-state index in [0.29, 0.717) is 11.0 Å². The number of urea groups is 1. The molecule has 0 saturated carbocycles. The van der Waals surface area contributed by atoms with Gasteiger partial charge in [0.2, 0.25) is 0 Å². The summed E-state index contributed by atoms with van der Waals surface area (Å²) in [6.45, 7) is -1.36. The van der Waals surface area contributed by atoms with E-state index < -0.39 is 59.6 Å². The third-order valence-corrected chi connectivity index (χ3v) is 4.84. The predicted molar refractivity (Wildman–Crippen MR) is 99.4 cm³/mol. The van der Waals surface area contributed by atoms with Crippen LogP contribution in [0.15, 0.2) is 42.5 Å². The highest BCUT2D eigenvalue weighted by atomic mass is 19.4. The summed E-state index contributed by atoms with van der Waals surface area (Å²) in [5.74, 6) is 0.529. The average Bonchev–Trinajstić information content (AvgIpc) is 2.90. The summed E-state index contributed by atoms with van der Waals surface area (Å²) >= 11 is 0. The number of terminal acetylenes is 1. The van der Waals surface area contributed by atoms with Crippen LogP contribution in [0.4, 0.5) is 33.7 Å². The maximum absolute atomic E-state index is 13.4. The van der Waals surface area contributed by atoms with E-state index in [1.807, 2.05) is 0 Å². The van der Waals surface area contributed by atoms with Gasteiger partial charge in [-0.25, -0.2) is 14.1 Å². The van der Waals surface area contributed by atoms with E-state index in [2.05, 4.69) is 5.92 Å². The van der Waals surface area contributed by atoms with Gasteiger partial charge in [-0.15, -0.1) is 6.42 Å². The fourth-order valence-corrected chi connectivity index (χ4v) is 3.37. The van der Waals surface area contributed by atoms with E-state index in [9.17, 15) is 32.3 Å². The van der Waals surface area contributed by atoms with Crippen molar-refractivity contribution in [2.24, 2.45) is 0 Å². The number of amides is 3. The first kappa shape index (κ1) is 21.1. The van der Waals surface area contributed by atoms with Crippen molar-refractivity contribution in [2.75, 3.05) is 23.8 Å². The third kappa shape index (κ3) is 3.13. The molecule has 1 aliphatic heterocycles. The molecule has 1 fully saturated rings. The summed E-state index contributed by atoms with van der Waals surface area (Å²) in [6.07, 6.45) is 0.475. The number of anilines is 2. The van der Waals surface area contributed by atoms with Gasteiger partial charge in [-0.05, 0) is 35.9 Å². The molecular formula is C20H15F4N3O3. The fourth-order valence-electron chi connectivity index (χ4n) is 3.37. The minimum absolute atomic E-state index is 0.0500. The quantitative estimate of drug-likeness (QED) is 0.344. The highest BCUT2D eigenvalue weighted by Gasteiger charge is 2.58. The molecule has 1 unspecified atom stereocenters. The number of rotatable bonds is 4. The third-order valence-electron chi connectivity index (χ3n) is 4.84. The van der Waals surface area contributed by atoms with E-state index in [-0.39, 0.29) is 5.56 Å². The fraction of sp³-hybridized carbons (Fsp3) is 0.200. The molecule has 1 saturated heterocycles. The second-order valence-corrected chi connectivity index (χ2v) is 6.51. The number of nitrogen functional groups attached to an aromatic ring is 1. The lowest BCUT2D eigenvalue weighted by Gasteiger charge is -2.32. The molecule has 2 aromatic rings. The van der Waals surface area contributed by atoms with Crippen molar-refractivity contribution in [1.29, 1.82) is 0 Å². The van der Waals surface area contributed by atoms with Crippen molar-refractivity contribution < 1.29 is 32.3 Å². The highest BCUT2D eigenvalue weighted by molar-refractivity contribution is 6.23. The lowest BCUT2D eigenvalue weighted by atomic mass is 9.88. The molecule has 0 aliphatic carbocycles. The number of carbonyl (C=O) groups excluding carboxylic acids is 2. The molecule has 156 valence electrons. The number of hydrogen-bond acceptors (Lipinski definition) is 4. The second-order valence-electron chi connectivity index (χ2n) is 6.51. The molecule has 1 heterocycles. The Balaban J connectivity index is 2.20. The van der Waals surface area contributed by atoms with Crippen molar-refractivity contribution in [2.45, 2.75) is 11.7 Å². The van der Waals surface area contributed by atoms with Crippen LogP contribution in [0.5, 0.6) is 0 Å². The minimum atomic E-state index is -4.82. The first-order valence-corrected chi connectivity index (χ1v) is 8.51. The topological polar surface area (TPSA) is 86.9 Å². The summed E-state index contributed by atoms with van der Waals surface area (Å²) in [5.41, 5.74) is 1.19. The maximum atomic E-state index is 13.4. The Kier molecular flexibility index (Phi) is 5.18. The number of nitrogens with zero attached hydrogens (tertiary/aromatic N) is 2. The molecule has 0 radical (unpaired) electrons. The molecule has 3 N–H and O–H groups in total. The van der Waals surface area contributed by atoms with Gasteiger partial charge in [-0.2, -0.15) is 13.2 Å². The molecule has 1 atom stereocenters. The summed E-state index contributed by atoms with van der Waals surface area (Å²) in [7, 11) is 0. The number of hydrogen-bond donors (Lipinski definition) is 2. The monoisotopic (exact) mass is 421 g/mol. The number of imide groups is 1. The standard InChI is InChI=1S/C20H15F4N3O3/c1-2-9-26-18(30)27(14-7-8-16(25)15(10-14)20(22,23)24)17(29)19(26,11-28)12-3-5-13(21)6-4-12/h1,3-8,10,28H,9,11,25H2. The van der Waals surface area contributed by atoms with Crippen LogP contribution in [0.1, 0.15) is 11.1 Å². The predicted octanol–water partition coefficient (Wildman–Crippen LogP) is 2.72. The first-order valence-electron chi connectivity index (χ1n) is 8.51. The number of alkyl halides is 3. The van der Waals surface area contributed by atoms with Crippen LogP contribution in [0.2, 0.25) is 0 Å². The number of benzene rings is 2. The summed E-state index contributed by atoms with van der Waals surface area (Å²) in [5, 5.41) is 10.1. The van der Waals surface area contributed by atoms with E-state index in [4.69, 9.17) is 12.2 Å². The smallest absolute Gasteiger partial charge is 0.398 e. The van der Waals surface area contributed by atoms with Gasteiger partial charge < -0.3 is 10.8 Å². The van der Waals surface area contributed by atoms with Gasteiger partial charge >= 0.3 is 12.2 Å².